The number of hydrogen-bond acceptors (Lipinski definition) is 2. The summed E-state index contributed by atoms with van der Waals surface area (Å²) in [5, 5.41) is 1.29. The molecule has 0 fully saturated rings. The zero-order chi connectivity index (χ0) is 20.1. The van der Waals surface area contributed by atoms with E-state index >= 15 is 0 Å². The minimum Gasteiger partial charge on any atom is -0.347 e. The van der Waals surface area contributed by atoms with Crippen LogP contribution < -0.4 is 5.56 Å². The van der Waals surface area contributed by atoms with E-state index in [0.29, 0.717) is 0 Å². The second-order valence-electron chi connectivity index (χ2n) is 8.16. The van der Waals surface area contributed by atoms with Crippen LogP contribution >= 0.6 is 0 Å². The monoisotopic (exact) mass is 383 g/mol. The molecular formula is C25H25N3O. The Morgan fingerprint density at radius 1 is 0.897 bits per heavy atom. The molecule has 2 aromatic carbocycles. The maximum absolute atomic E-state index is 12.9. The standard InChI is InChI=1S/C25H25N3O/c1-17-4-6-18(7-5-17)19-10-13-28(25(29)14-19)20-8-9-21-22-16-26(2)12-11-23(22)27(3)24(21)15-20/h4-10,13-15H,11-12,16H2,1-3H3. The molecule has 0 amide bonds. The molecule has 2 aromatic heterocycles. The lowest BCUT2D eigenvalue weighted by Crippen LogP contribution is -2.26. The molecule has 29 heavy (non-hydrogen) atoms. The van der Waals surface area contributed by atoms with Crippen LogP contribution in [0, 0.1) is 6.92 Å². The highest BCUT2D eigenvalue weighted by molar-refractivity contribution is 5.87. The Morgan fingerprint density at radius 2 is 1.69 bits per heavy atom. The van der Waals surface area contributed by atoms with Gasteiger partial charge in [0.25, 0.3) is 5.56 Å². The molecule has 0 radical (unpaired) electrons. The van der Waals surface area contributed by atoms with Crippen LogP contribution in [-0.2, 0) is 20.0 Å². The van der Waals surface area contributed by atoms with Gasteiger partial charge in [0.1, 0.15) is 0 Å². The lowest BCUT2D eigenvalue weighted by molar-refractivity contribution is 0.310. The summed E-state index contributed by atoms with van der Waals surface area (Å²) in [5.41, 5.74) is 8.15. The first-order valence-electron chi connectivity index (χ1n) is 10.1. The van der Waals surface area contributed by atoms with E-state index in [1.807, 2.05) is 12.3 Å². The third kappa shape index (κ3) is 3.00. The molecule has 0 bridgehead atoms. The van der Waals surface area contributed by atoms with E-state index in [0.717, 1.165) is 36.3 Å². The maximum Gasteiger partial charge on any atom is 0.255 e. The molecule has 1 aliphatic rings. The minimum absolute atomic E-state index is 0.0128. The Balaban J connectivity index is 1.58. The molecule has 4 heteroatoms. The Morgan fingerprint density at radius 3 is 2.45 bits per heavy atom. The number of nitrogens with zero attached hydrogens (tertiary/aromatic N) is 3. The quantitative estimate of drug-likeness (QED) is 0.517. The molecule has 0 unspecified atom stereocenters. The van der Waals surface area contributed by atoms with E-state index in [1.165, 1.54) is 27.7 Å². The van der Waals surface area contributed by atoms with E-state index in [9.17, 15) is 4.79 Å². The summed E-state index contributed by atoms with van der Waals surface area (Å²) in [6.45, 7) is 4.14. The van der Waals surface area contributed by atoms with Crippen molar-refractivity contribution in [2.45, 2.75) is 19.9 Å². The molecule has 4 nitrogen and oxygen atoms in total. The highest BCUT2D eigenvalue weighted by Gasteiger charge is 2.21. The van der Waals surface area contributed by atoms with Gasteiger partial charge in [-0.15, -0.1) is 0 Å². The van der Waals surface area contributed by atoms with Crippen LogP contribution in [0.25, 0.3) is 27.7 Å². The summed E-state index contributed by atoms with van der Waals surface area (Å²) in [4.78, 5) is 15.3. The first-order valence-corrected chi connectivity index (χ1v) is 10.1. The van der Waals surface area contributed by atoms with Crippen molar-refractivity contribution in [2.75, 3.05) is 13.6 Å². The highest BCUT2D eigenvalue weighted by atomic mass is 16.1. The van der Waals surface area contributed by atoms with Gasteiger partial charge in [-0.2, -0.15) is 0 Å². The van der Waals surface area contributed by atoms with Gasteiger partial charge >= 0.3 is 0 Å². The zero-order valence-electron chi connectivity index (χ0n) is 17.1. The molecule has 3 heterocycles. The lowest BCUT2D eigenvalue weighted by Gasteiger charge is -2.23. The van der Waals surface area contributed by atoms with Gasteiger partial charge in [0, 0.05) is 49.9 Å². The minimum atomic E-state index is -0.0128. The van der Waals surface area contributed by atoms with Crippen molar-refractivity contribution in [2.24, 2.45) is 7.05 Å². The average molecular weight is 383 g/mol. The number of rotatable bonds is 2. The number of fused-ring (bicyclic) bond motifs is 3. The molecule has 0 N–H and O–H groups in total. The zero-order valence-corrected chi connectivity index (χ0v) is 17.1. The molecule has 0 aliphatic carbocycles. The summed E-state index contributed by atoms with van der Waals surface area (Å²) in [6, 6.07) is 18.4. The topological polar surface area (TPSA) is 30.2 Å². The largest absolute Gasteiger partial charge is 0.347 e. The first kappa shape index (κ1) is 18.0. The molecule has 0 spiro atoms. The van der Waals surface area contributed by atoms with Crippen molar-refractivity contribution in [3.63, 3.8) is 0 Å². The van der Waals surface area contributed by atoms with E-state index in [-0.39, 0.29) is 5.56 Å². The van der Waals surface area contributed by atoms with Crippen LogP contribution in [0.5, 0.6) is 0 Å². The number of hydrogen-bond donors (Lipinski definition) is 0. The molecule has 5 rings (SSSR count). The number of likely N-dealkylation sites (N-methyl/N-ethyl adjacent to an activating group) is 1. The fourth-order valence-electron chi connectivity index (χ4n) is 4.46. The SMILES string of the molecule is Cc1ccc(-c2ccn(-c3ccc4c5c(n(C)c4c3)CCN(C)C5)c(=O)c2)cc1. The molecule has 4 aromatic rings. The summed E-state index contributed by atoms with van der Waals surface area (Å²) in [5.74, 6) is 0. The van der Waals surface area contributed by atoms with Crippen molar-refractivity contribution < 1.29 is 0 Å². The van der Waals surface area contributed by atoms with E-state index in [1.54, 1.807) is 10.6 Å². The van der Waals surface area contributed by atoms with Gasteiger partial charge in [-0.1, -0.05) is 35.9 Å². The summed E-state index contributed by atoms with van der Waals surface area (Å²) in [7, 11) is 4.31. The highest BCUT2D eigenvalue weighted by Crippen LogP contribution is 2.31. The van der Waals surface area contributed by atoms with Gasteiger partial charge < -0.3 is 9.47 Å². The summed E-state index contributed by atoms with van der Waals surface area (Å²) < 4.78 is 4.03. The number of pyridine rings is 1. The first-order chi connectivity index (χ1) is 14.0. The van der Waals surface area contributed by atoms with Crippen LogP contribution in [0.3, 0.4) is 0 Å². The van der Waals surface area contributed by atoms with Gasteiger partial charge in [-0.25, -0.2) is 0 Å². The average Bonchev–Trinajstić information content (AvgIpc) is 2.99. The fraction of sp³-hybridized carbons (Fsp3) is 0.240. The summed E-state index contributed by atoms with van der Waals surface area (Å²) in [6.07, 6.45) is 2.95. The molecule has 146 valence electrons. The van der Waals surface area contributed by atoms with Gasteiger partial charge in [0.05, 0.1) is 11.2 Å². The predicted molar refractivity (Wildman–Crippen MR) is 119 cm³/mol. The molecule has 0 saturated carbocycles. The molecular weight excluding hydrogens is 358 g/mol. The van der Waals surface area contributed by atoms with Crippen LogP contribution in [0.15, 0.2) is 65.6 Å². The van der Waals surface area contributed by atoms with E-state index < -0.39 is 0 Å². The Bertz CT molecular complexity index is 1280. The van der Waals surface area contributed by atoms with Crippen molar-refractivity contribution in [1.82, 2.24) is 14.0 Å². The number of benzene rings is 2. The van der Waals surface area contributed by atoms with Crippen LogP contribution in [-0.4, -0.2) is 27.6 Å². The maximum atomic E-state index is 12.9. The van der Waals surface area contributed by atoms with Gasteiger partial charge in [-0.05, 0) is 48.9 Å². The summed E-state index contributed by atoms with van der Waals surface area (Å²) >= 11 is 0. The van der Waals surface area contributed by atoms with Crippen molar-refractivity contribution in [1.29, 1.82) is 0 Å². The van der Waals surface area contributed by atoms with Crippen LogP contribution in [0.2, 0.25) is 0 Å². The normalized spacial score (nSPS) is 14.3. The fourth-order valence-corrected chi connectivity index (χ4v) is 4.46. The number of aromatic nitrogens is 2. The Hall–Kier alpha value is -3.11. The molecule has 0 saturated heterocycles. The van der Waals surface area contributed by atoms with Gasteiger partial charge in [0.2, 0.25) is 0 Å². The third-order valence-corrected chi connectivity index (χ3v) is 6.16. The Labute approximate surface area is 170 Å². The predicted octanol–water partition coefficient (Wildman–Crippen LogP) is 4.29. The van der Waals surface area contributed by atoms with Crippen LogP contribution in [0.4, 0.5) is 0 Å². The molecule has 1 aliphatic heterocycles. The Kier molecular flexibility index (Phi) is 4.18. The van der Waals surface area contributed by atoms with E-state index in [4.69, 9.17) is 0 Å². The molecule has 0 atom stereocenters. The van der Waals surface area contributed by atoms with Crippen LogP contribution in [0.1, 0.15) is 16.8 Å². The second kappa shape index (κ2) is 6.75. The van der Waals surface area contributed by atoms with E-state index in [2.05, 4.69) is 73.0 Å². The smallest absolute Gasteiger partial charge is 0.255 e. The van der Waals surface area contributed by atoms with Crippen molar-refractivity contribution in [3.05, 3.63) is 88.0 Å². The second-order valence-corrected chi connectivity index (χ2v) is 8.16. The third-order valence-electron chi connectivity index (χ3n) is 6.16. The number of aryl methyl sites for hydroxylation is 2. The van der Waals surface area contributed by atoms with Crippen molar-refractivity contribution in [3.8, 4) is 16.8 Å². The lowest BCUT2D eigenvalue weighted by atomic mass is 10.0. The van der Waals surface area contributed by atoms with Crippen molar-refractivity contribution >= 4 is 10.9 Å². The van der Waals surface area contributed by atoms with Gasteiger partial charge in [-0.3, -0.25) is 9.36 Å². The van der Waals surface area contributed by atoms with Gasteiger partial charge in [0.15, 0.2) is 0 Å².